The van der Waals surface area contributed by atoms with E-state index in [4.69, 9.17) is 9.15 Å². The van der Waals surface area contributed by atoms with E-state index < -0.39 is 0 Å². The van der Waals surface area contributed by atoms with E-state index in [1.807, 2.05) is 13.8 Å². The van der Waals surface area contributed by atoms with Crippen LogP contribution in [0.5, 0.6) is 0 Å². The lowest BCUT2D eigenvalue weighted by Gasteiger charge is -2.16. The maximum atomic E-state index is 11.5. The van der Waals surface area contributed by atoms with Crippen molar-refractivity contribution < 1.29 is 13.9 Å². The highest BCUT2D eigenvalue weighted by Gasteiger charge is 2.29. The summed E-state index contributed by atoms with van der Waals surface area (Å²) in [5, 5.41) is 0. The van der Waals surface area contributed by atoms with E-state index in [9.17, 15) is 4.79 Å². The molecule has 0 saturated carbocycles. The minimum atomic E-state index is -0.343. The third-order valence-electron chi connectivity index (χ3n) is 2.05. The van der Waals surface area contributed by atoms with E-state index in [1.165, 1.54) is 7.11 Å². The molecule has 3 nitrogen and oxygen atoms in total. The van der Waals surface area contributed by atoms with E-state index in [0.29, 0.717) is 5.76 Å². The van der Waals surface area contributed by atoms with Crippen molar-refractivity contribution in [1.29, 1.82) is 0 Å². The first kappa shape index (κ1) is 11.3. The van der Waals surface area contributed by atoms with Crippen LogP contribution in [0.2, 0.25) is 0 Å². The molecule has 78 valence electrons. The van der Waals surface area contributed by atoms with Gasteiger partial charge in [0.15, 0.2) is 0 Å². The second kappa shape index (κ2) is 4.64. The molecule has 0 saturated heterocycles. The smallest absolute Gasteiger partial charge is 0.316 e. The highest BCUT2D eigenvalue weighted by molar-refractivity contribution is 9.10. The van der Waals surface area contributed by atoms with Gasteiger partial charge in [-0.1, -0.05) is 13.8 Å². The Morgan fingerprint density at radius 2 is 2.21 bits per heavy atom. The Labute approximate surface area is 91.6 Å². The van der Waals surface area contributed by atoms with Crippen LogP contribution in [0.3, 0.4) is 0 Å². The fraction of sp³-hybridized carbons (Fsp3) is 0.500. The number of hydrogen-bond donors (Lipinski definition) is 0. The summed E-state index contributed by atoms with van der Waals surface area (Å²) >= 11 is 3.33. The van der Waals surface area contributed by atoms with E-state index >= 15 is 0 Å². The molecule has 0 aliphatic heterocycles. The lowest BCUT2D eigenvalue weighted by Crippen LogP contribution is -2.19. The summed E-state index contributed by atoms with van der Waals surface area (Å²) in [6.07, 6.45) is 1.55. The van der Waals surface area contributed by atoms with E-state index in [2.05, 4.69) is 15.9 Å². The zero-order valence-electron chi connectivity index (χ0n) is 8.41. The molecule has 0 aliphatic carbocycles. The predicted octanol–water partition coefficient (Wildman–Crippen LogP) is 2.95. The Bertz CT molecular complexity index is 317. The molecule has 0 aromatic carbocycles. The SMILES string of the molecule is COC(=O)C(c1occc1Br)C(C)C. The van der Waals surface area contributed by atoms with Gasteiger partial charge in [0.25, 0.3) is 0 Å². The highest BCUT2D eigenvalue weighted by Crippen LogP contribution is 2.32. The first-order valence-electron chi connectivity index (χ1n) is 4.38. The average Bonchev–Trinajstić information content (AvgIpc) is 2.52. The van der Waals surface area contributed by atoms with Crippen LogP contribution >= 0.6 is 15.9 Å². The summed E-state index contributed by atoms with van der Waals surface area (Å²) in [5.41, 5.74) is 0. The van der Waals surface area contributed by atoms with Gasteiger partial charge in [-0.2, -0.15) is 0 Å². The third kappa shape index (κ3) is 2.18. The molecule has 0 spiro atoms. The largest absolute Gasteiger partial charge is 0.468 e. The molecule has 14 heavy (non-hydrogen) atoms. The lowest BCUT2D eigenvalue weighted by molar-refractivity contribution is -0.144. The Kier molecular flexibility index (Phi) is 3.75. The van der Waals surface area contributed by atoms with Gasteiger partial charge in [0.1, 0.15) is 11.7 Å². The van der Waals surface area contributed by atoms with Crippen molar-refractivity contribution in [1.82, 2.24) is 0 Å². The van der Waals surface area contributed by atoms with Gasteiger partial charge in [-0.15, -0.1) is 0 Å². The minimum Gasteiger partial charge on any atom is -0.468 e. The topological polar surface area (TPSA) is 39.4 Å². The number of halogens is 1. The lowest BCUT2D eigenvalue weighted by atomic mass is 9.93. The first-order chi connectivity index (χ1) is 6.57. The van der Waals surface area contributed by atoms with Crippen LogP contribution in [-0.4, -0.2) is 13.1 Å². The van der Waals surface area contributed by atoms with Gasteiger partial charge >= 0.3 is 5.97 Å². The number of hydrogen-bond acceptors (Lipinski definition) is 3. The monoisotopic (exact) mass is 260 g/mol. The van der Waals surface area contributed by atoms with Gasteiger partial charge in [-0.3, -0.25) is 4.79 Å². The normalized spacial score (nSPS) is 12.9. The van der Waals surface area contributed by atoms with Gasteiger partial charge in [-0.05, 0) is 27.9 Å². The van der Waals surface area contributed by atoms with Crippen LogP contribution in [0.4, 0.5) is 0 Å². The Hall–Kier alpha value is -0.770. The molecule has 1 heterocycles. The molecule has 4 heteroatoms. The van der Waals surface area contributed by atoms with Gasteiger partial charge in [0.2, 0.25) is 0 Å². The molecule has 1 unspecified atom stereocenters. The molecule has 0 N–H and O–H groups in total. The number of ether oxygens (including phenoxy) is 1. The molecule has 0 amide bonds. The summed E-state index contributed by atoms with van der Waals surface area (Å²) < 4.78 is 10.8. The molecule has 1 aromatic heterocycles. The van der Waals surface area contributed by atoms with Crippen LogP contribution in [-0.2, 0) is 9.53 Å². The number of furan rings is 1. The fourth-order valence-electron chi connectivity index (χ4n) is 1.34. The number of esters is 1. The molecule has 1 aromatic rings. The maximum absolute atomic E-state index is 11.5. The molecule has 0 bridgehead atoms. The number of rotatable bonds is 3. The average molecular weight is 261 g/mol. The first-order valence-corrected chi connectivity index (χ1v) is 5.18. The quantitative estimate of drug-likeness (QED) is 0.785. The van der Waals surface area contributed by atoms with Crippen LogP contribution in [0, 0.1) is 5.92 Å². The molecule has 0 fully saturated rings. The minimum absolute atomic E-state index is 0.143. The second-order valence-corrected chi connectivity index (χ2v) is 4.23. The van der Waals surface area contributed by atoms with Crippen molar-refractivity contribution in [3.8, 4) is 0 Å². The predicted molar refractivity (Wildman–Crippen MR) is 56.0 cm³/mol. The Morgan fingerprint density at radius 3 is 2.57 bits per heavy atom. The van der Waals surface area contributed by atoms with Crippen LogP contribution < -0.4 is 0 Å². The van der Waals surface area contributed by atoms with E-state index in [0.717, 1.165) is 4.47 Å². The van der Waals surface area contributed by atoms with Gasteiger partial charge in [0, 0.05) is 0 Å². The molecular formula is C10H13BrO3. The van der Waals surface area contributed by atoms with Crippen LogP contribution in [0.1, 0.15) is 25.5 Å². The zero-order valence-corrected chi connectivity index (χ0v) is 10.00. The van der Waals surface area contributed by atoms with E-state index in [-0.39, 0.29) is 17.8 Å². The Morgan fingerprint density at radius 1 is 1.57 bits per heavy atom. The molecule has 0 aliphatic rings. The molecule has 1 atom stereocenters. The number of carbonyl (C=O) groups excluding carboxylic acids is 1. The zero-order chi connectivity index (χ0) is 10.7. The third-order valence-corrected chi connectivity index (χ3v) is 2.70. The van der Waals surface area contributed by atoms with Crippen molar-refractivity contribution in [2.24, 2.45) is 5.92 Å². The summed E-state index contributed by atoms with van der Waals surface area (Å²) in [4.78, 5) is 11.5. The van der Waals surface area contributed by atoms with Gasteiger partial charge in [-0.25, -0.2) is 0 Å². The summed E-state index contributed by atoms with van der Waals surface area (Å²) in [7, 11) is 1.38. The summed E-state index contributed by atoms with van der Waals surface area (Å²) in [5.74, 6) is 0.164. The fourth-order valence-corrected chi connectivity index (χ4v) is 1.78. The van der Waals surface area contributed by atoms with Crippen molar-refractivity contribution in [3.05, 3.63) is 22.6 Å². The van der Waals surface area contributed by atoms with E-state index in [1.54, 1.807) is 12.3 Å². The van der Waals surface area contributed by atoms with Gasteiger partial charge in [0.05, 0.1) is 17.8 Å². The maximum Gasteiger partial charge on any atom is 0.316 e. The molecule has 1 rings (SSSR count). The Balaban J connectivity index is 3.00. The van der Waals surface area contributed by atoms with Gasteiger partial charge < -0.3 is 9.15 Å². The van der Waals surface area contributed by atoms with Crippen molar-refractivity contribution >= 4 is 21.9 Å². The standard InChI is InChI=1S/C10H13BrO3/c1-6(2)8(10(12)13-3)9-7(11)4-5-14-9/h4-6,8H,1-3H3. The summed E-state index contributed by atoms with van der Waals surface area (Å²) in [6, 6.07) is 1.77. The second-order valence-electron chi connectivity index (χ2n) is 3.38. The highest BCUT2D eigenvalue weighted by atomic mass is 79.9. The van der Waals surface area contributed by atoms with Crippen LogP contribution in [0.15, 0.2) is 21.2 Å². The van der Waals surface area contributed by atoms with Crippen molar-refractivity contribution in [3.63, 3.8) is 0 Å². The van der Waals surface area contributed by atoms with Crippen LogP contribution in [0.25, 0.3) is 0 Å². The van der Waals surface area contributed by atoms with Crippen molar-refractivity contribution in [2.45, 2.75) is 19.8 Å². The number of carbonyl (C=O) groups is 1. The van der Waals surface area contributed by atoms with Crippen molar-refractivity contribution in [2.75, 3.05) is 7.11 Å². The number of methoxy groups -OCH3 is 1. The molecule has 0 radical (unpaired) electrons. The molecular weight excluding hydrogens is 248 g/mol. The summed E-state index contributed by atoms with van der Waals surface area (Å²) in [6.45, 7) is 3.91.